The first kappa shape index (κ1) is 28.6. The maximum atomic E-state index is 13.7. The summed E-state index contributed by atoms with van der Waals surface area (Å²) in [6, 6.07) is 14.0. The van der Waals surface area contributed by atoms with Gasteiger partial charge < -0.3 is 15.5 Å². The maximum absolute atomic E-state index is 13.7. The molecule has 6 N–H and O–H groups in total. The van der Waals surface area contributed by atoms with Crippen molar-refractivity contribution in [2.45, 2.75) is 35.9 Å². The maximum Gasteiger partial charge on any atom is 0.269 e. The first-order valence-electron chi connectivity index (χ1n) is 12.0. The van der Waals surface area contributed by atoms with Crippen molar-refractivity contribution in [2.24, 2.45) is 5.92 Å². The highest BCUT2D eigenvalue weighted by atomic mass is 32.2. The normalized spacial score (nSPS) is 17.9. The van der Waals surface area contributed by atoms with E-state index in [4.69, 9.17) is 0 Å². The molecule has 4 atom stereocenters. The summed E-state index contributed by atoms with van der Waals surface area (Å²) in [5.74, 6) is -3.68. The second-order valence-corrected chi connectivity index (χ2v) is 11.0. The third-order valence-electron chi connectivity index (χ3n) is 6.64. The summed E-state index contributed by atoms with van der Waals surface area (Å²) >= 11 is 0. The van der Waals surface area contributed by atoms with Gasteiger partial charge in [0.25, 0.3) is 11.6 Å². The van der Waals surface area contributed by atoms with E-state index in [2.05, 4.69) is 10.0 Å². The number of carbonyl (C=O) groups excluding carboxylic acids is 2. The van der Waals surface area contributed by atoms with Gasteiger partial charge >= 0.3 is 0 Å². The molecule has 0 radical (unpaired) electrons. The molecule has 0 spiro atoms. The number of aliphatic hydroxyl groups excluding tert-OH is 1. The molecule has 0 aliphatic heterocycles. The van der Waals surface area contributed by atoms with Gasteiger partial charge in [0.05, 0.1) is 27.9 Å². The molecule has 0 heterocycles. The van der Waals surface area contributed by atoms with E-state index in [-0.39, 0.29) is 24.3 Å². The number of carbonyl (C=O) groups is 2. The predicted molar refractivity (Wildman–Crippen MR) is 139 cm³/mol. The zero-order chi connectivity index (χ0) is 29.0. The van der Waals surface area contributed by atoms with Crippen LogP contribution < -0.4 is 15.5 Å². The van der Waals surface area contributed by atoms with E-state index in [0.717, 1.165) is 29.8 Å². The minimum atomic E-state index is -4.55. The van der Waals surface area contributed by atoms with Crippen LogP contribution in [0.5, 0.6) is 5.75 Å². The number of benzene rings is 3. The number of rotatable bonds is 10. The predicted octanol–water partition coefficient (Wildman–Crippen LogP) is 1.09. The van der Waals surface area contributed by atoms with Crippen LogP contribution in [0.4, 0.5) is 5.69 Å². The highest BCUT2D eigenvalue weighted by Crippen LogP contribution is 2.32. The zero-order valence-electron chi connectivity index (χ0n) is 20.8. The van der Waals surface area contributed by atoms with Crippen molar-refractivity contribution in [3.05, 3.63) is 99.6 Å². The molecule has 0 unspecified atom stereocenters. The highest BCUT2D eigenvalue weighted by molar-refractivity contribution is 7.89. The lowest BCUT2D eigenvalue weighted by Crippen LogP contribution is -2.55. The molecule has 1 aliphatic rings. The van der Waals surface area contributed by atoms with Crippen LogP contribution in [0, 0.1) is 16.0 Å². The summed E-state index contributed by atoms with van der Waals surface area (Å²) in [5, 5.41) is 43.6. The average Bonchev–Trinajstić information content (AvgIpc) is 3.24. The van der Waals surface area contributed by atoms with E-state index in [1.165, 1.54) is 23.7 Å². The van der Waals surface area contributed by atoms with Crippen LogP contribution in [-0.2, 0) is 32.5 Å². The topological polar surface area (TPSA) is 208 Å². The van der Waals surface area contributed by atoms with E-state index < -0.39 is 55.8 Å². The SMILES string of the molecule is O=C(NO)[C@@H](NS(=O)(=O)c1ccc([N+](=O)[O-])cc1)[C@@H](Cc1cccc(O)c1)C(=O)N[C@H]1c2ccccc2C[C@H]1O. The molecular weight excluding hydrogens is 544 g/mol. The summed E-state index contributed by atoms with van der Waals surface area (Å²) in [6.07, 6.45) is -0.971. The van der Waals surface area contributed by atoms with Crippen molar-refractivity contribution in [1.82, 2.24) is 15.5 Å². The van der Waals surface area contributed by atoms with E-state index in [9.17, 15) is 43.5 Å². The molecule has 3 aromatic carbocycles. The Morgan fingerprint density at radius 3 is 2.38 bits per heavy atom. The fraction of sp³-hybridized carbons (Fsp3) is 0.231. The number of hydrogen-bond donors (Lipinski definition) is 6. The third-order valence-corrected chi connectivity index (χ3v) is 8.10. The number of aliphatic hydroxyl groups is 1. The van der Waals surface area contributed by atoms with Gasteiger partial charge in [0, 0.05) is 18.6 Å². The molecule has 0 saturated heterocycles. The van der Waals surface area contributed by atoms with E-state index in [1.807, 2.05) is 0 Å². The summed E-state index contributed by atoms with van der Waals surface area (Å²) in [6.45, 7) is 0. The standard InChI is InChI=1S/C26H26N4O9S/c31-18-6-3-4-15(12-18)13-21(25(33)27-23-20-7-2-1-5-16(20)14-22(23)32)24(26(34)28-35)29-40(38,39)19-10-8-17(9-11-19)30(36)37/h1-12,21-24,29,31-32,35H,13-14H2,(H,27,33)(H,28,34)/t21-,22-,23+,24+/m1/s1. The molecule has 3 aromatic rings. The fourth-order valence-electron chi connectivity index (χ4n) is 4.68. The number of nitrogens with one attached hydrogen (secondary N) is 3. The van der Waals surface area contributed by atoms with Gasteiger partial charge in [0.1, 0.15) is 11.8 Å². The molecule has 210 valence electrons. The van der Waals surface area contributed by atoms with Crippen LogP contribution in [0.15, 0.2) is 77.7 Å². The summed E-state index contributed by atoms with van der Waals surface area (Å²) in [7, 11) is -4.55. The van der Waals surface area contributed by atoms with E-state index in [0.29, 0.717) is 11.1 Å². The number of nitro groups is 1. The van der Waals surface area contributed by atoms with Crippen molar-refractivity contribution in [2.75, 3.05) is 0 Å². The largest absolute Gasteiger partial charge is 0.508 e. The lowest BCUT2D eigenvalue weighted by molar-refractivity contribution is -0.384. The van der Waals surface area contributed by atoms with Gasteiger partial charge in [-0.1, -0.05) is 36.4 Å². The number of nitro benzene ring substituents is 1. The van der Waals surface area contributed by atoms with Crippen molar-refractivity contribution >= 4 is 27.5 Å². The fourth-order valence-corrected chi connectivity index (χ4v) is 5.91. The van der Waals surface area contributed by atoms with Crippen LogP contribution in [0.2, 0.25) is 0 Å². The van der Waals surface area contributed by atoms with Crippen molar-refractivity contribution in [3.63, 3.8) is 0 Å². The number of phenolic OH excluding ortho intramolecular Hbond substituents is 1. The van der Waals surface area contributed by atoms with E-state index in [1.54, 1.807) is 30.3 Å². The van der Waals surface area contributed by atoms with Crippen molar-refractivity contribution < 1.29 is 38.4 Å². The van der Waals surface area contributed by atoms with Crippen LogP contribution in [-0.4, -0.2) is 52.7 Å². The zero-order valence-corrected chi connectivity index (χ0v) is 21.6. The summed E-state index contributed by atoms with van der Waals surface area (Å²) < 4.78 is 28.5. The van der Waals surface area contributed by atoms with E-state index >= 15 is 0 Å². The summed E-state index contributed by atoms with van der Waals surface area (Å²) in [4.78, 5) is 36.3. The molecular formula is C26H26N4O9S. The minimum absolute atomic E-state index is 0.133. The minimum Gasteiger partial charge on any atom is -0.508 e. The Hall–Kier alpha value is -4.37. The number of hydroxylamine groups is 1. The van der Waals surface area contributed by atoms with Gasteiger partial charge in [-0.15, -0.1) is 0 Å². The Bertz CT molecular complexity index is 1530. The molecule has 14 heteroatoms. The number of amides is 2. The quantitative estimate of drug-likeness (QED) is 0.117. The Kier molecular flexibility index (Phi) is 8.44. The number of sulfonamides is 1. The molecule has 0 aromatic heterocycles. The second-order valence-electron chi connectivity index (χ2n) is 9.26. The van der Waals surface area contributed by atoms with Crippen LogP contribution in [0.3, 0.4) is 0 Å². The monoisotopic (exact) mass is 570 g/mol. The molecule has 0 saturated carbocycles. The number of non-ortho nitro benzene ring substituents is 1. The Balaban J connectivity index is 1.69. The number of nitrogens with zero attached hydrogens (tertiary/aromatic N) is 1. The first-order chi connectivity index (χ1) is 19.0. The molecule has 4 rings (SSSR count). The van der Waals surface area contributed by atoms with Crippen LogP contribution in [0.25, 0.3) is 0 Å². The molecule has 2 amide bonds. The number of phenols is 1. The van der Waals surface area contributed by atoms with Gasteiger partial charge in [0.15, 0.2) is 0 Å². The number of aromatic hydroxyl groups is 1. The van der Waals surface area contributed by atoms with Crippen LogP contribution in [0.1, 0.15) is 22.7 Å². The smallest absolute Gasteiger partial charge is 0.269 e. The van der Waals surface area contributed by atoms with Gasteiger partial charge in [-0.25, -0.2) is 13.9 Å². The van der Waals surface area contributed by atoms with Crippen molar-refractivity contribution in [1.29, 1.82) is 0 Å². The second kappa shape index (κ2) is 11.8. The molecule has 13 nitrogen and oxygen atoms in total. The number of fused-ring (bicyclic) bond motifs is 1. The lowest BCUT2D eigenvalue weighted by Gasteiger charge is -2.28. The molecule has 1 aliphatic carbocycles. The molecule has 0 fully saturated rings. The van der Waals surface area contributed by atoms with Gasteiger partial charge in [0.2, 0.25) is 15.9 Å². The Labute approximate surface area is 228 Å². The van der Waals surface area contributed by atoms with Gasteiger partial charge in [-0.05, 0) is 47.4 Å². The van der Waals surface area contributed by atoms with Crippen molar-refractivity contribution in [3.8, 4) is 5.75 Å². The molecule has 0 bridgehead atoms. The van der Waals surface area contributed by atoms with Crippen LogP contribution >= 0.6 is 0 Å². The lowest BCUT2D eigenvalue weighted by atomic mass is 9.90. The van der Waals surface area contributed by atoms with Gasteiger partial charge in [-0.2, -0.15) is 4.72 Å². The average molecular weight is 571 g/mol. The Morgan fingerprint density at radius 2 is 1.73 bits per heavy atom. The molecule has 40 heavy (non-hydrogen) atoms. The van der Waals surface area contributed by atoms with Gasteiger partial charge in [-0.3, -0.25) is 24.9 Å². The Morgan fingerprint density at radius 1 is 1.02 bits per heavy atom. The first-order valence-corrected chi connectivity index (χ1v) is 13.5. The summed E-state index contributed by atoms with van der Waals surface area (Å²) in [5.41, 5.74) is 2.87. The number of hydrogen-bond acceptors (Lipinski definition) is 9. The third kappa shape index (κ3) is 6.26. The highest BCUT2D eigenvalue weighted by Gasteiger charge is 2.40.